The van der Waals surface area contributed by atoms with Gasteiger partial charge in [-0.2, -0.15) is 0 Å². The third-order valence-corrected chi connectivity index (χ3v) is 1.92. The number of hydrogen-bond acceptors (Lipinski definition) is 2. The Hall–Kier alpha value is -1.64. The highest BCUT2D eigenvalue weighted by Gasteiger charge is 2.16. The average Bonchev–Trinajstić information content (AvgIpc) is 2.52. The first-order valence-electron chi connectivity index (χ1n) is 4.01. The molecule has 0 N–H and O–H groups in total. The average molecular weight is 177 g/mol. The summed E-state index contributed by atoms with van der Waals surface area (Å²) in [4.78, 5) is 0. The molecule has 3 heteroatoms. The highest BCUT2D eigenvalue weighted by molar-refractivity contribution is 5.51. The lowest BCUT2D eigenvalue weighted by Gasteiger charge is -2.00. The number of hydrogen-bond donors (Lipinski definition) is 0. The predicted octanol–water partition coefficient (Wildman–Crippen LogP) is 2.29. The lowest BCUT2D eigenvalue weighted by atomic mass is 10.1. The van der Waals surface area contributed by atoms with Crippen LogP contribution < -0.4 is 9.47 Å². The zero-order chi connectivity index (χ0) is 9.26. The van der Waals surface area contributed by atoms with Gasteiger partial charge in [0.25, 0.3) is 0 Å². The maximum Gasteiger partial charge on any atom is 0.231 e. The maximum atomic E-state index is 11.4. The van der Waals surface area contributed by atoms with Gasteiger partial charge in [-0.1, -0.05) is 6.08 Å². The molecule has 0 spiro atoms. The molecule has 0 atom stereocenters. The smallest absolute Gasteiger partial charge is 0.231 e. The molecule has 0 amide bonds. The van der Waals surface area contributed by atoms with E-state index in [0.717, 1.165) is 0 Å². The van der Waals surface area contributed by atoms with Crippen LogP contribution >= 0.6 is 0 Å². The number of ether oxygens (including phenoxy) is 2. The van der Waals surface area contributed by atoms with Gasteiger partial charge in [0.05, 0.1) is 0 Å². The summed E-state index contributed by atoms with van der Waals surface area (Å²) in [6, 6.07) is 3.17. The molecule has 0 saturated carbocycles. The number of rotatable bonds is 2. The fourth-order valence-corrected chi connectivity index (χ4v) is 1.28. The van der Waals surface area contributed by atoms with Crippen molar-refractivity contribution < 1.29 is 14.6 Å². The maximum absolute atomic E-state index is 11.4. The van der Waals surface area contributed by atoms with Gasteiger partial charge in [0.15, 0.2) is 17.2 Å². The summed E-state index contributed by atoms with van der Waals surface area (Å²) in [6.07, 6.45) is 2.26. The minimum atomic E-state index is -0.0239. The van der Waals surface area contributed by atoms with Crippen molar-refractivity contribution in [3.8, 4) is 17.2 Å². The Kier molecular flexibility index (Phi) is 1.85. The standard InChI is InChI=1S/C10H9O3/c1-2-3-7-4-9-10(5-8(7)11)13-6-12-9/h2,4-5H,1,3,6H2. The second kappa shape index (κ2) is 3.01. The molecule has 3 nitrogen and oxygen atoms in total. The lowest BCUT2D eigenvalue weighted by molar-refractivity contribution is 0.173. The first-order chi connectivity index (χ1) is 6.31. The Morgan fingerprint density at radius 1 is 1.38 bits per heavy atom. The van der Waals surface area contributed by atoms with Crippen molar-refractivity contribution in [2.75, 3.05) is 6.79 Å². The summed E-state index contributed by atoms with van der Waals surface area (Å²) in [6.45, 7) is 3.78. The van der Waals surface area contributed by atoms with Crippen molar-refractivity contribution in [2.45, 2.75) is 6.42 Å². The summed E-state index contributed by atoms with van der Waals surface area (Å²) < 4.78 is 10.2. The zero-order valence-electron chi connectivity index (χ0n) is 7.08. The molecule has 1 aromatic rings. The molecule has 2 rings (SSSR count). The van der Waals surface area contributed by atoms with Crippen LogP contribution in [0.2, 0.25) is 0 Å². The molecule has 0 unspecified atom stereocenters. The van der Waals surface area contributed by atoms with E-state index in [1.807, 2.05) is 0 Å². The van der Waals surface area contributed by atoms with Crippen LogP contribution in [-0.4, -0.2) is 6.79 Å². The molecule has 1 heterocycles. The van der Waals surface area contributed by atoms with Gasteiger partial charge in [-0.15, -0.1) is 6.58 Å². The molecule has 1 aromatic carbocycles. The van der Waals surface area contributed by atoms with Gasteiger partial charge < -0.3 is 9.47 Å². The summed E-state index contributed by atoms with van der Waals surface area (Å²) in [5, 5.41) is 11.4. The second-order valence-corrected chi connectivity index (χ2v) is 2.81. The second-order valence-electron chi connectivity index (χ2n) is 2.81. The van der Waals surface area contributed by atoms with Crippen LogP contribution in [0.3, 0.4) is 0 Å². The van der Waals surface area contributed by atoms with Crippen molar-refractivity contribution in [2.24, 2.45) is 0 Å². The van der Waals surface area contributed by atoms with Crippen LogP contribution in [0.15, 0.2) is 24.8 Å². The Bertz CT molecular complexity index is 344. The number of benzene rings is 1. The highest BCUT2D eigenvalue weighted by Crippen LogP contribution is 2.37. The lowest BCUT2D eigenvalue weighted by Crippen LogP contribution is -1.92. The van der Waals surface area contributed by atoms with Gasteiger partial charge in [-0.05, 0) is 12.5 Å². The first-order valence-corrected chi connectivity index (χ1v) is 4.01. The molecule has 1 aliphatic rings. The summed E-state index contributed by atoms with van der Waals surface area (Å²) in [7, 11) is 0. The van der Waals surface area contributed by atoms with Crippen LogP contribution in [-0.2, 0) is 11.5 Å². The molecular weight excluding hydrogens is 168 g/mol. The fraction of sp³-hybridized carbons (Fsp3) is 0.200. The van der Waals surface area contributed by atoms with E-state index in [2.05, 4.69) is 6.58 Å². The SMILES string of the molecule is C=CCc1cc2c(cc1[O])OCO2. The van der Waals surface area contributed by atoms with E-state index in [-0.39, 0.29) is 12.5 Å². The van der Waals surface area contributed by atoms with E-state index in [0.29, 0.717) is 23.5 Å². The molecule has 0 bridgehead atoms. The minimum Gasteiger partial charge on any atom is -0.454 e. The number of fused-ring (bicyclic) bond motifs is 1. The van der Waals surface area contributed by atoms with Crippen LogP contribution in [0.5, 0.6) is 17.2 Å². The fourth-order valence-electron chi connectivity index (χ4n) is 1.28. The van der Waals surface area contributed by atoms with Crippen molar-refractivity contribution in [1.29, 1.82) is 0 Å². The summed E-state index contributed by atoms with van der Waals surface area (Å²) >= 11 is 0. The van der Waals surface area contributed by atoms with E-state index in [1.54, 1.807) is 12.1 Å². The highest BCUT2D eigenvalue weighted by atomic mass is 16.7. The van der Waals surface area contributed by atoms with Gasteiger partial charge in [0.1, 0.15) is 0 Å². The molecule has 0 fully saturated rings. The zero-order valence-corrected chi connectivity index (χ0v) is 7.08. The molecule has 0 aromatic heterocycles. The quantitative estimate of drug-likeness (QED) is 0.650. The van der Waals surface area contributed by atoms with E-state index in [9.17, 15) is 5.11 Å². The summed E-state index contributed by atoms with van der Waals surface area (Å²) in [5.74, 6) is 1.17. The Balaban J connectivity index is 2.42. The van der Waals surface area contributed by atoms with Crippen molar-refractivity contribution in [1.82, 2.24) is 0 Å². The Morgan fingerprint density at radius 2 is 2.08 bits per heavy atom. The van der Waals surface area contributed by atoms with Crippen LogP contribution in [0.25, 0.3) is 0 Å². The van der Waals surface area contributed by atoms with Crippen molar-refractivity contribution >= 4 is 0 Å². The third-order valence-electron chi connectivity index (χ3n) is 1.92. The van der Waals surface area contributed by atoms with E-state index < -0.39 is 0 Å². The van der Waals surface area contributed by atoms with E-state index in [4.69, 9.17) is 9.47 Å². The Labute approximate surface area is 76.2 Å². The molecular formula is C10H9O3. The van der Waals surface area contributed by atoms with Crippen LogP contribution in [0, 0.1) is 0 Å². The van der Waals surface area contributed by atoms with Gasteiger partial charge in [0, 0.05) is 11.6 Å². The van der Waals surface area contributed by atoms with E-state index in [1.165, 1.54) is 6.07 Å². The molecule has 0 saturated heterocycles. The predicted molar refractivity (Wildman–Crippen MR) is 46.6 cm³/mol. The van der Waals surface area contributed by atoms with Crippen LogP contribution in [0.1, 0.15) is 5.56 Å². The normalized spacial score (nSPS) is 12.9. The van der Waals surface area contributed by atoms with Gasteiger partial charge in [0.2, 0.25) is 6.79 Å². The van der Waals surface area contributed by atoms with Gasteiger partial charge in [-0.25, -0.2) is 0 Å². The van der Waals surface area contributed by atoms with Gasteiger partial charge in [-0.3, -0.25) is 5.11 Å². The Morgan fingerprint density at radius 3 is 2.77 bits per heavy atom. The first kappa shape index (κ1) is 7.98. The molecule has 1 aliphatic heterocycles. The van der Waals surface area contributed by atoms with E-state index >= 15 is 0 Å². The monoisotopic (exact) mass is 177 g/mol. The van der Waals surface area contributed by atoms with Gasteiger partial charge >= 0.3 is 0 Å². The molecule has 67 valence electrons. The van der Waals surface area contributed by atoms with Crippen LogP contribution in [0.4, 0.5) is 0 Å². The third kappa shape index (κ3) is 1.33. The summed E-state index contributed by atoms with van der Waals surface area (Å²) in [5.41, 5.74) is 0.694. The molecule has 0 aliphatic carbocycles. The molecule has 13 heavy (non-hydrogen) atoms. The molecule has 1 radical (unpaired) electrons. The minimum absolute atomic E-state index is 0.0239. The largest absolute Gasteiger partial charge is 0.454 e. The topological polar surface area (TPSA) is 38.4 Å². The van der Waals surface area contributed by atoms with Crippen molar-refractivity contribution in [3.63, 3.8) is 0 Å². The van der Waals surface area contributed by atoms with Crippen molar-refractivity contribution in [3.05, 3.63) is 30.4 Å². The number of allylic oxidation sites excluding steroid dienone is 1.